The van der Waals surface area contributed by atoms with E-state index in [1.54, 1.807) is 0 Å². The molecule has 0 spiro atoms. The van der Waals surface area contributed by atoms with Gasteiger partial charge < -0.3 is 9.11 Å². The van der Waals surface area contributed by atoms with Gasteiger partial charge in [-0.25, -0.2) is 4.21 Å². The molecule has 32 heavy (non-hydrogen) atoms. The maximum Gasteiger partial charge on any atom is 1.00 e. The molecule has 2 unspecified atom stereocenters. The molecule has 4 saturated carbocycles. The molecule has 4 rings (SSSR count). The summed E-state index contributed by atoms with van der Waals surface area (Å²) >= 11 is -3.56. The first-order chi connectivity index (χ1) is 14.5. The molecule has 174 valence electrons. The first-order valence-electron chi connectivity index (χ1n) is 11.1. The Bertz CT molecular complexity index is 581. The van der Waals surface area contributed by atoms with Crippen molar-refractivity contribution in [3.63, 3.8) is 0 Å². The van der Waals surface area contributed by atoms with E-state index in [-0.39, 0.29) is 59.1 Å². The maximum atomic E-state index is 11.3. The molecule has 0 aliphatic heterocycles. The van der Waals surface area contributed by atoms with Crippen LogP contribution in [0.3, 0.4) is 0 Å². The van der Waals surface area contributed by atoms with E-state index in [9.17, 15) is 17.5 Å². The summed E-state index contributed by atoms with van der Waals surface area (Å²) in [7, 11) is 7.82. The second-order valence-corrected chi connectivity index (χ2v) is 16.7. The van der Waals surface area contributed by atoms with Gasteiger partial charge in [0.25, 0.3) is 0 Å². The smallest absolute Gasteiger partial charge is 0.772 e. The molecule has 0 saturated heterocycles. The Morgan fingerprint density at radius 1 is 0.688 bits per heavy atom. The molecule has 0 radical (unpaired) electrons. The fourth-order valence-electron chi connectivity index (χ4n) is 6.86. The van der Waals surface area contributed by atoms with E-state index in [0.717, 1.165) is 34.8 Å². The minimum absolute atomic E-state index is 0. The van der Waals surface area contributed by atoms with Gasteiger partial charge in [0.1, 0.15) is 0 Å². The quantitative estimate of drug-likeness (QED) is 0.132. The Hall–Kier alpha value is 3.62. The van der Waals surface area contributed by atoms with Crippen LogP contribution in [-0.2, 0) is 22.2 Å². The van der Waals surface area contributed by atoms with E-state index in [0.29, 0.717) is 47.0 Å². The SMILES string of the molecule is O=S([O-])C[C@@H]1[C@@H]2CC[C@@H](C2)[C@H]1CSSCCSSC[C@@H]1[C@H]2CC[C@H](C2)[C@H]1CS(=O)O.[Na+].[Na+]. The van der Waals surface area contributed by atoms with Crippen LogP contribution in [0.5, 0.6) is 0 Å². The number of hydrogen-bond donors (Lipinski definition) is 1. The summed E-state index contributed by atoms with van der Waals surface area (Å²) in [6.45, 7) is 0. The molecule has 0 aromatic heterocycles. The van der Waals surface area contributed by atoms with Gasteiger partial charge in [-0.1, -0.05) is 54.3 Å². The van der Waals surface area contributed by atoms with Crippen LogP contribution < -0.4 is 59.1 Å². The predicted octanol–water partition coefficient (Wildman–Crippen LogP) is -0.817. The van der Waals surface area contributed by atoms with Gasteiger partial charge in [-0.3, -0.25) is 4.21 Å². The zero-order valence-corrected chi connectivity index (χ0v) is 28.1. The molecule has 0 heterocycles. The summed E-state index contributed by atoms with van der Waals surface area (Å²) in [6, 6.07) is 0. The Morgan fingerprint density at radius 2 is 1.09 bits per heavy atom. The third-order valence-electron chi connectivity index (χ3n) is 8.15. The van der Waals surface area contributed by atoms with Gasteiger partial charge in [0.2, 0.25) is 0 Å². The predicted molar refractivity (Wildman–Crippen MR) is 135 cm³/mol. The summed E-state index contributed by atoms with van der Waals surface area (Å²) in [5.74, 6) is 10.4. The largest absolute Gasteiger partial charge is 1.00 e. The van der Waals surface area contributed by atoms with Crippen LogP contribution in [0.1, 0.15) is 38.5 Å². The molecule has 4 aliphatic carbocycles. The second-order valence-electron chi connectivity index (χ2n) is 9.49. The molecule has 0 amide bonds. The van der Waals surface area contributed by atoms with Gasteiger partial charge in [-0.15, -0.1) is 0 Å². The van der Waals surface area contributed by atoms with Gasteiger partial charge in [0.15, 0.2) is 11.1 Å². The molecule has 10 atom stereocenters. The van der Waals surface area contributed by atoms with Gasteiger partial charge in [-0.05, 0) is 85.9 Å². The third kappa shape index (κ3) is 8.57. The van der Waals surface area contributed by atoms with E-state index in [1.165, 1.54) is 38.5 Å². The Balaban J connectivity index is 0.00000181. The average Bonchev–Trinajstić information content (AvgIpc) is 3.46. The molecule has 12 heteroatoms. The van der Waals surface area contributed by atoms with Crippen molar-refractivity contribution < 1.29 is 76.6 Å². The Morgan fingerprint density at radius 3 is 1.50 bits per heavy atom. The van der Waals surface area contributed by atoms with Crippen molar-refractivity contribution in [2.75, 3.05) is 34.5 Å². The second kappa shape index (κ2) is 15.9. The summed E-state index contributed by atoms with van der Waals surface area (Å²) in [5, 5.41) is 0. The molecule has 4 nitrogen and oxygen atoms in total. The van der Waals surface area contributed by atoms with Crippen LogP contribution >= 0.6 is 43.2 Å². The summed E-state index contributed by atoms with van der Waals surface area (Å²) in [4.78, 5) is 0. The van der Waals surface area contributed by atoms with E-state index in [2.05, 4.69) is 0 Å². The van der Waals surface area contributed by atoms with E-state index in [4.69, 9.17) is 0 Å². The van der Waals surface area contributed by atoms with E-state index < -0.39 is 22.2 Å². The average molecular weight is 576 g/mol. The molecule has 4 fully saturated rings. The zero-order chi connectivity index (χ0) is 21.1. The maximum absolute atomic E-state index is 11.3. The van der Waals surface area contributed by atoms with Crippen molar-refractivity contribution >= 4 is 65.3 Å². The number of fused-ring (bicyclic) bond motifs is 4. The Labute approximate surface area is 259 Å². The molecular formula is C20H33Na2O4S6+. The van der Waals surface area contributed by atoms with Crippen molar-refractivity contribution in [1.29, 1.82) is 0 Å². The molecule has 1 N–H and O–H groups in total. The molecule has 4 bridgehead atoms. The van der Waals surface area contributed by atoms with Gasteiger partial charge in [0.05, 0.1) is 5.75 Å². The molecule has 0 aromatic carbocycles. The van der Waals surface area contributed by atoms with Crippen molar-refractivity contribution in [2.45, 2.75) is 38.5 Å². The van der Waals surface area contributed by atoms with Crippen molar-refractivity contribution in [3.05, 3.63) is 0 Å². The van der Waals surface area contributed by atoms with Gasteiger partial charge >= 0.3 is 59.1 Å². The monoisotopic (exact) mass is 575 g/mol. The van der Waals surface area contributed by atoms with Crippen LogP contribution in [0.4, 0.5) is 0 Å². The molecule has 4 aliphatic rings. The summed E-state index contributed by atoms with van der Waals surface area (Å²) in [5.41, 5.74) is 0. The van der Waals surface area contributed by atoms with Gasteiger partial charge in [-0.2, -0.15) is 0 Å². The molecule has 0 aromatic rings. The number of rotatable bonds is 13. The van der Waals surface area contributed by atoms with Crippen LogP contribution in [-0.4, -0.2) is 52.0 Å². The molecular weight excluding hydrogens is 543 g/mol. The van der Waals surface area contributed by atoms with Crippen LogP contribution in [0.2, 0.25) is 0 Å². The van der Waals surface area contributed by atoms with Crippen molar-refractivity contribution in [2.24, 2.45) is 47.3 Å². The summed E-state index contributed by atoms with van der Waals surface area (Å²) < 4.78 is 43.1. The third-order valence-corrected chi connectivity index (χ3v) is 14.7. The van der Waals surface area contributed by atoms with Crippen LogP contribution in [0.15, 0.2) is 0 Å². The van der Waals surface area contributed by atoms with Crippen molar-refractivity contribution in [1.82, 2.24) is 0 Å². The first kappa shape index (κ1) is 31.8. The van der Waals surface area contributed by atoms with Gasteiger partial charge in [0, 0.05) is 28.8 Å². The van der Waals surface area contributed by atoms with Crippen molar-refractivity contribution in [3.8, 4) is 0 Å². The normalized spacial score (nSPS) is 38.9. The van der Waals surface area contributed by atoms with E-state index in [1.807, 2.05) is 43.2 Å². The van der Waals surface area contributed by atoms with Crippen LogP contribution in [0, 0.1) is 47.3 Å². The Kier molecular flexibility index (Phi) is 15.8. The fraction of sp³-hybridized carbons (Fsp3) is 1.00. The topological polar surface area (TPSA) is 77.4 Å². The summed E-state index contributed by atoms with van der Waals surface area (Å²) in [6.07, 6.45) is 7.69. The minimum atomic E-state index is -1.90. The van der Waals surface area contributed by atoms with Crippen LogP contribution in [0.25, 0.3) is 0 Å². The fourth-order valence-corrected chi connectivity index (χ4v) is 14.3. The first-order valence-corrected chi connectivity index (χ1v) is 18.6. The standard InChI is InChI=1S/C20H34O4S6.2Na/c21-29(22)11-19-15-3-1-13(7-15)17(19)9-27-25-5-6-26-28-10-18-14-2-4-16(8-14)20(18)12-30(23)24;;/h13-20H,1-12H2,(H,21,22)(H,23,24);;/q;2*+1/p-1/t13-,14-,15+,16+,17+,18+,19+,20+;;/m0../s1. The number of hydrogen-bond acceptors (Lipinski definition) is 7. The zero-order valence-electron chi connectivity index (χ0n) is 19.2. The minimum Gasteiger partial charge on any atom is -0.772 e. The van der Waals surface area contributed by atoms with E-state index >= 15 is 0 Å².